The summed E-state index contributed by atoms with van der Waals surface area (Å²) in [6, 6.07) is 12.9. The lowest BCUT2D eigenvalue weighted by atomic mass is 10.1. The Morgan fingerprint density at radius 3 is 2.66 bits per heavy atom. The Morgan fingerprint density at radius 2 is 2.00 bits per heavy atom. The average molecular weight is 471 g/mol. The van der Waals surface area contributed by atoms with Gasteiger partial charge in [-0.3, -0.25) is 4.79 Å². The second-order valence-corrected chi connectivity index (χ2v) is 9.38. The number of methoxy groups -OCH3 is 1. The normalized spacial score (nSPS) is 12.3. The molecular weight excluding hydrogens is 452 g/mol. The first-order valence-electron chi connectivity index (χ1n) is 9.20. The number of carbonyl (C=O) groups excluding carboxylic acids is 1. The molecule has 1 unspecified atom stereocenters. The molecule has 1 amide bonds. The fraction of sp³-hybridized carbons (Fsp3) is 0.136. The van der Waals surface area contributed by atoms with Crippen LogP contribution >= 0.6 is 11.6 Å². The molecule has 1 atom stereocenters. The van der Waals surface area contributed by atoms with Gasteiger partial charge in [0.05, 0.1) is 33.5 Å². The van der Waals surface area contributed by atoms with Crippen molar-refractivity contribution < 1.29 is 18.5 Å². The van der Waals surface area contributed by atoms with E-state index in [2.05, 4.69) is 10.3 Å². The van der Waals surface area contributed by atoms with Gasteiger partial charge in [-0.15, -0.1) is 0 Å². The topological polar surface area (TPSA) is 125 Å². The van der Waals surface area contributed by atoms with Gasteiger partial charge >= 0.3 is 0 Å². The lowest BCUT2D eigenvalue weighted by molar-refractivity contribution is 0.102. The van der Waals surface area contributed by atoms with Crippen LogP contribution in [0.3, 0.4) is 0 Å². The summed E-state index contributed by atoms with van der Waals surface area (Å²) in [4.78, 5) is 17.6. The zero-order valence-electron chi connectivity index (χ0n) is 17.4. The quantitative estimate of drug-likeness (QED) is 0.522. The summed E-state index contributed by atoms with van der Waals surface area (Å²) in [5.74, 6) is -0.00412. The van der Waals surface area contributed by atoms with Crippen LogP contribution in [-0.2, 0) is 9.73 Å². The maximum Gasteiger partial charge on any atom is 0.261 e. The lowest BCUT2D eigenvalue weighted by Crippen LogP contribution is -2.16. The molecule has 10 heteroatoms. The molecule has 0 fully saturated rings. The number of halogens is 1. The number of anilines is 1. The van der Waals surface area contributed by atoms with Crippen molar-refractivity contribution in [2.75, 3.05) is 18.7 Å². The van der Waals surface area contributed by atoms with Crippen molar-refractivity contribution in [3.05, 3.63) is 70.4 Å². The van der Waals surface area contributed by atoms with Crippen LogP contribution < -0.4 is 14.8 Å². The van der Waals surface area contributed by atoms with Crippen molar-refractivity contribution in [1.29, 1.82) is 10.0 Å². The van der Waals surface area contributed by atoms with Gasteiger partial charge < -0.3 is 14.8 Å². The van der Waals surface area contributed by atoms with Gasteiger partial charge in [-0.25, -0.2) is 14.0 Å². The molecule has 3 aromatic rings. The second kappa shape index (κ2) is 9.26. The molecule has 0 saturated heterocycles. The molecule has 0 spiro atoms. The number of benzene rings is 2. The summed E-state index contributed by atoms with van der Waals surface area (Å²) >= 11 is 6.20. The van der Waals surface area contributed by atoms with E-state index < -0.39 is 15.6 Å². The van der Waals surface area contributed by atoms with Gasteiger partial charge in [0.2, 0.25) is 5.88 Å². The number of nitriles is 1. The van der Waals surface area contributed by atoms with E-state index in [1.165, 1.54) is 31.7 Å². The van der Waals surface area contributed by atoms with Crippen LogP contribution in [0.25, 0.3) is 0 Å². The van der Waals surface area contributed by atoms with Gasteiger partial charge in [0.1, 0.15) is 5.56 Å². The first-order valence-corrected chi connectivity index (χ1v) is 11.5. The monoisotopic (exact) mass is 470 g/mol. The smallest absolute Gasteiger partial charge is 0.261 e. The molecule has 2 aromatic carbocycles. The highest BCUT2D eigenvalue weighted by atomic mass is 35.5. The Kier molecular flexibility index (Phi) is 6.67. The SMILES string of the molecule is COc1cc(C#N)ccc1Oc1ncc(Cl)c(C)c1C(=O)Nc1cccc(S(C)(=N)=O)c1. The molecule has 0 radical (unpaired) electrons. The Morgan fingerprint density at radius 1 is 1.25 bits per heavy atom. The number of rotatable bonds is 6. The number of hydrogen-bond acceptors (Lipinski definition) is 7. The molecule has 0 saturated carbocycles. The molecule has 164 valence electrons. The highest BCUT2D eigenvalue weighted by molar-refractivity contribution is 7.91. The van der Waals surface area contributed by atoms with Gasteiger partial charge in [0.25, 0.3) is 5.91 Å². The highest BCUT2D eigenvalue weighted by Gasteiger charge is 2.22. The van der Waals surface area contributed by atoms with Gasteiger partial charge in [0.15, 0.2) is 11.5 Å². The minimum Gasteiger partial charge on any atom is -0.493 e. The number of aromatic nitrogens is 1. The molecule has 0 aliphatic carbocycles. The van der Waals surface area contributed by atoms with E-state index in [-0.39, 0.29) is 27.1 Å². The summed E-state index contributed by atoms with van der Waals surface area (Å²) in [5, 5.41) is 12.1. The zero-order chi connectivity index (χ0) is 23.5. The average Bonchev–Trinajstić information content (AvgIpc) is 2.76. The van der Waals surface area contributed by atoms with Crippen LogP contribution in [0.15, 0.2) is 53.6 Å². The summed E-state index contributed by atoms with van der Waals surface area (Å²) in [6.45, 7) is 1.65. The van der Waals surface area contributed by atoms with Crippen molar-refractivity contribution in [3.8, 4) is 23.4 Å². The predicted octanol–water partition coefficient (Wildman–Crippen LogP) is 5.00. The lowest BCUT2D eigenvalue weighted by Gasteiger charge is -2.15. The van der Waals surface area contributed by atoms with Gasteiger partial charge in [-0.05, 0) is 42.8 Å². The Balaban J connectivity index is 2.00. The van der Waals surface area contributed by atoms with E-state index in [4.69, 9.17) is 31.1 Å². The van der Waals surface area contributed by atoms with Crippen molar-refractivity contribution in [2.24, 2.45) is 0 Å². The molecule has 8 nitrogen and oxygen atoms in total. The van der Waals surface area contributed by atoms with E-state index in [9.17, 15) is 9.00 Å². The Labute approximate surface area is 190 Å². The minimum absolute atomic E-state index is 0.0108. The number of nitrogens with one attached hydrogen (secondary N) is 2. The predicted molar refractivity (Wildman–Crippen MR) is 121 cm³/mol. The molecule has 1 aromatic heterocycles. The summed E-state index contributed by atoms with van der Waals surface area (Å²) in [6.07, 6.45) is 2.67. The summed E-state index contributed by atoms with van der Waals surface area (Å²) in [7, 11) is -1.52. The first kappa shape index (κ1) is 23.1. The third kappa shape index (κ3) is 4.99. The fourth-order valence-electron chi connectivity index (χ4n) is 2.84. The van der Waals surface area contributed by atoms with Crippen molar-refractivity contribution >= 4 is 32.9 Å². The number of hydrogen-bond donors (Lipinski definition) is 2. The van der Waals surface area contributed by atoms with Crippen molar-refractivity contribution in [3.63, 3.8) is 0 Å². The number of carbonyl (C=O) groups is 1. The van der Waals surface area contributed by atoms with E-state index in [1.807, 2.05) is 6.07 Å². The number of amides is 1. The molecule has 3 rings (SSSR count). The number of pyridine rings is 1. The molecule has 0 aliphatic heterocycles. The Hall–Kier alpha value is -3.61. The largest absolute Gasteiger partial charge is 0.493 e. The standard InChI is InChI=1S/C22H19ClN4O4S/c1-13-17(23)12-26-22(31-18-8-7-14(11-24)9-19(18)30-2)20(13)21(28)27-15-5-4-6-16(10-15)32(3,25)29/h4-10,12,25H,1-3H3,(H,27,28). The molecular formula is C22H19ClN4O4S. The second-order valence-electron chi connectivity index (χ2n) is 6.82. The maximum absolute atomic E-state index is 13.1. The van der Waals surface area contributed by atoms with Crippen LogP contribution in [0.2, 0.25) is 5.02 Å². The molecule has 1 heterocycles. The summed E-state index contributed by atoms with van der Waals surface area (Å²) < 4.78 is 30.9. The first-order chi connectivity index (χ1) is 15.1. The van der Waals surface area contributed by atoms with E-state index >= 15 is 0 Å². The summed E-state index contributed by atoms with van der Waals surface area (Å²) in [5.41, 5.74) is 1.28. The molecule has 0 aliphatic rings. The van der Waals surface area contributed by atoms with Gasteiger partial charge in [0, 0.05) is 29.1 Å². The van der Waals surface area contributed by atoms with Crippen LogP contribution in [0, 0.1) is 23.0 Å². The maximum atomic E-state index is 13.1. The molecule has 2 N–H and O–H groups in total. The Bertz CT molecular complexity index is 1350. The number of nitrogens with zero attached hydrogens (tertiary/aromatic N) is 2. The van der Waals surface area contributed by atoms with Crippen LogP contribution in [-0.4, -0.2) is 28.5 Å². The van der Waals surface area contributed by atoms with Crippen LogP contribution in [0.5, 0.6) is 17.4 Å². The van der Waals surface area contributed by atoms with Gasteiger partial charge in [-0.1, -0.05) is 17.7 Å². The molecule has 32 heavy (non-hydrogen) atoms. The minimum atomic E-state index is -2.95. The van der Waals surface area contributed by atoms with E-state index in [0.717, 1.165) is 0 Å². The number of ether oxygens (including phenoxy) is 2. The van der Waals surface area contributed by atoms with Gasteiger partial charge in [-0.2, -0.15) is 5.26 Å². The highest BCUT2D eigenvalue weighted by Crippen LogP contribution is 2.35. The zero-order valence-corrected chi connectivity index (χ0v) is 19.0. The van der Waals surface area contributed by atoms with Crippen LogP contribution in [0.4, 0.5) is 5.69 Å². The third-order valence-corrected chi connectivity index (χ3v) is 6.04. The van der Waals surface area contributed by atoms with Crippen molar-refractivity contribution in [2.45, 2.75) is 11.8 Å². The molecule has 0 bridgehead atoms. The third-order valence-electron chi connectivity index (χ3n) is 4.51. The van der Waals surface area contributed by atoms with E-state index in [0.29, 0.717) is 22.6 Å². The van der Waals surface area contributed by atoms with Crippen molar-refractivity contribution in [1.82, 2.24) is 4.98 Å². The van der Waals surface area contributed by atoms with E-state index in [1.54, 1.807) is 37.3 Å². The fourth-order valence-corrected chi connectivity index (χ4v) is 3.67. The van der Waals surface area contributed by atoms with Crippen LogP contribution in [0.1, 0.15) is 21.5 Å².